The average Bonchev–Trinajstić information content (AvgIpc) is 3.07. The lowest BCUT2D eigenvalue weighted by Gasteiger charge is -2.03. The molecule has 0 radical (unpaired) electrons. The molecule has 0 atom stereocenters. The van der Waals surface area contributed by atoms with Crippen molar-refractivity contribution >= 4 is 23.5 Å². The number of carbonyl (C=O) groups is 2. The lowest BCUT2D eigenvalue weighted by Crippen LogP contribution is -2.25. The van der Waals surface area contributed by atoms with Crippen LogP contribution in [-0.2, 0) is 18.3 Å². The number of nitrogens with zero attached hydrogens (tertiary/aromatic N) is 4. The highest BCUT2D eigenvalue weighted by atomic mass is 35.5. The maximum Gasteiger partial charge on any atom is 0.356 e. The Morgan fingerprint density at radius 1 is 1.38 bits per heavy atom. The molecule has 2 rings (SSSR count). The van der Waals surface area contributed by atoms with Crippen LogP contribution in [0.1, 0.15) is 40.0 Å². The molecule has 1 N–H and O–H groups in total. The Balaban J connectivity index is 1.84. The van der Waals surface area contributed by atoms with Gasteiger partial charge < -0.3 is 10.1 Å². The molecular formula is C15H20ClN5O3. The highest BCUT2D eigenvalue weighted by molar-refractivity contribution is 6.31. The zero-order valence-electron chi connectivity index (χ0n) is 13.9. The molecule has 0 saturated carbocycles. The molecule has 0 unspecified atom stereocenters. The molecule has 24 heavy (non-hydrogen) atoms. The minimum atomic E-state index is -0.502. The Hall–Kier alpha value is -2.35. The van der Waals surface area contributed by atoms with Gasteiger partial charge in [-0.15, -0.1) is 0 Å². The van der Waals surface area contributed by atoms with E-state index >= 15 is 0 Å². The summed E-state index contributed by atoms with van der Waals surface area (Å²) in [6, 6.07) is 1.42. The first-order valence-electron chi connectivity index (χ1n) is 7.61. The second-order valence-electron chi connectivity index (χ2n) is 5.19. The molecule has 0 aliphatic carbocycles. The summed E-state index contributed by atoms with van der Waals surface area (Å²) in [5.41, 5.74) is 1.20. The van der Waals surface area contributed by atoms with Gasteiger partial charge in [-0.1, -0.05) is 11.6 Å². The van der Waals surface area contributed by atoms with E-state index < -0.39 is 5.97 Å². The van der Waals surface area contributed by atoms with Gasteiger partial charge in [-0.3, -0.25) is 14.2 Å². The Morgan fingerprint density at radius 3 is 2.75 bits per heavy atom. The fraction of sp³-hybridized carbons (Fsp3) is 0.467. The second kappa shape index (κ2) is 7.96. The molecule has 0 saturated heterocycles. The van der Waals surface area contributed by atoms with E-state index in [0.717, 1.165) is 5.69 Å². The summed E-state index contributed by atoms with van der Waals surface area (Å²) in [6.07, 6.45) is 2.45. The van der Waals surface area contributed by atoms with Crippen molar-refractivity contribution in [3.8, 4) is 0 Å². The number of aromatic nitrogens is 4. The van der Waals surface area contributed by atoms with Gasteiger partial charge >= 0.3 is 5.97 Å². The van der Waals surface area contributed by atoms with E-state index in [4.69, 9.17) is 16.3 Å². The first-order chi connectivity index (χ1) is 11.4. The summed E-state index contributed by atoms with van der Waals surface area (Å²) in [4.78, 5) is 23.8. The van der Waals surface area contributed by atoms with Gasteiger partial charge in [-0.2, -0.15) is 10.2 Å². The molecule has 0 spiro atoms. The molecule has 2 aromatic rings. The van der Waals surface area contributed by atoms with Crippen LogP contribution in [0.5, 0.6) is 0 Å². The van der Waals surface area contributed by atoms with E-state index in [1.54, 1.807) is 24.9 Å². The van der Waals surface area contributed by atoms with Crippen LogP contribution in [-0.4, -0.2) is 44.6 Å². The SMILES string of the molecule is CCOC(=O)c1cc(C(=O)NCCCn2cc(Cl)c(C)n2)nn1C. The molecule has 1 amide bonds. The summed E-state index contributed by atoms with van der Waals surface area (Å²) in [7, 11) is 1.59. The largest absolute Gasteiger partial charge is 0.461 e. The van der Waals surface area contributed by atoms with Gasteiger partial charge in [0.2, 0.25) is 0 Å². The van der Waals surface area contributed by atoms with E-state index in [1.807, 2.05) is 6.92 Å². The summed E-state index contributed by atoms with van der Waals surface area (Å²) in [5, 5.41) is 11.7. The van der Waals surface area contributed by atoms with Crippen LogP contribution >= 0.6 is 11.6 Å². The molecule has 130 valence electrons. The van der Waals surface area contributed by atoms with Crippen LogP contribution in [0.15, 0.2) is 12.3 Å². The minimum Gasteiger partial charge on any atom is -0.461 e. The van der Waals surface area contributed by atoms with Crippen molar-refractivity contribution in [2.24, 2.45) is 7.05 Å². The van der Waals surface area contributed by atoms with E-state index in [1.165, 1.54) is 10.7 Å². The number of esters is 1. The maximum absolute atomic E-state index is 12.1. The Morgan fingerprint density at radius 2 is 2.12 bits per heavy atom. The van der Waals surface area contributed by atoms with Crippen LogP contribution in [0, 0.1) is 6.92 Å². The molecule has 9 heteroatoms. The molecule has 8 nitrogen and oxygen atoms in total. The van der Waals surface area contributed by atoms with Crippen molar-refractivity contribution in [3.63, 3.8) is 0 Å². The third-order valence-corrected chi connectivity index (χ3v) is 3.70. The summed E-state index contributed by atoms with van der Waals surface area (Å²) >= 11 is 5.94. The quantitative estimate of drug-likeness (QED) is 0.602. The molecular weight excluding hydrogens is 334 g/mol. The average molecular weight is 354 g/mol. The van der Waals surface area contributed by atoms with Gasteiger partial charge in [0.25, 0.3) is 5.91 Å². The van der Waals surface area contributed by atoms with Crippen LogP contribution in [0.4, 0.5) is 0 Å². The fourth-order valence-corrected chi connectivity index (χ4v) is 2.27. The van der Waals surface area contributed by atoms with E-state index in [2.05, 4.69) is 15.5 Å². The lowest BCUT2D eigenvalue weighted by atomic mass is 10.3. The van der Waals surface area contributed by atoms with Crippen molar-refractivity contribution in [1.29, 1.82) is 0 Å². The predicted molar refractivity (Wildman–Crippen MR) is 88.1 cm³/mol. The lowest BCUT2D eigenvalue weighted by molar-refractivity contribution is 0.0513. The number of hydrogen-bond donors (Lipinski definition) is 1. The van der Waals surface area contributed by atoms with Gasteiger partial charge in [0.1, 0.15) is 5.69 Å². The van der Waals surface area contributed by atoms with E-state index in [0.29, 0.717) is 24.5 Å². The van der Waals surface area contributed by atoms with Crippen LogP contribution in [0.3, 0.4) is 0 Å². The molecule has 2 aromatic heterocycles. The van der Waals surface area contributed by atoms with E-state index in [9.17, 15) is 9.59 Å². The first-order valence-corrected chi connectivity index (χ1v) is 7.99. The number of nitrogens with one attached hydrogen (secondary N) is 1. The summed E-state index contributed by atoms with van der Waals surface area (Å²) < 4.78 is 7.98. The third kappa shape index (κ3) is 4.35. The van der Waals surface area contributed by atoms with Gasteiger partial charge in [0, 0.05) is 32.4 Å². The number of rotatable bonds is 7. The number of carbonyl (C=O) groups excluding carboxylic acids is 2. The highest BCUT2D eigenvalue weighted by Crippen LogP contribution is 2.12. The number of ether oxygens (including phenoxy) is 1. The topological polar surface area (TPSA) is 91.0 Å². The summed E-state index contributed by atoms with van der Waals surface area (Å²) in [5.74, 6) is -0.840. The molecule has 0 fully saturated rings. The number of aryl methyl sites for hydroxylation is 3. The molecule has 2 heterocycles. The predicted octanol–water partition coefficient (Wildman–Crippen LogP) is 1.58. The molecule has 0 bridgehead atoms. The van der Waals surface area contributed by atoms with Crippen LogP contribution in [0.2, 0.25) is 5.02 Å². The Bertz CT molecular complexity index is 718. The Kier molecular flexibility index (Phi) is 5.97. The zero-order chi connectivity index (χ0) is 17.7. The van der Waals surface area contributed by atoms with Crippen molar-refractivity contribution < 1.29 is 14.3 Å². The fourth-order valence-electron chi connectivity index (χ4n) is 2.12. The van der Waals surface area contributed by atoms with Crippen molar-refractivity contribution in [2.45, 2.75) is 26.8 Å². The van der Waals surface area contributed by atoms with Crippen molar-refractivity contribution in [2.75, 3.05) is 13.2 Å². The molecule has 0 aliphatic heterocycles. The van der Waals surface area contributed by atoms with E-state index in [-0.39, 0.29) is 23.9 Å². The first kappa shape index (κ1) is 18.0. The standard InChI is InChI=1S/C15H20ClN5O3/c1-4-24-15(23)13-8-12(19-20(13)3)14(22)17-6-5-7-21-9-11(16)10(2)18-21/h8-9H,4-7H2,1-3H3,(H,17,22). The zero-order valence-corrected chi connectivity index (χ0v) is 14.6. The van der Waals surface area contributed by atoms with Crippen LogP contribution in [0.25, 0.3) is 0 Å². The van der Waals surface area contributed by atoms with Gasteiger partial charge in [-0.25, -0.2) is 4.79 Å². The maximum atomic E-state index is 12.1. The normalized spacial score (nSPS) is 10.7. The smallest absolute Gasteiger partial charge is 0.356 e. The van der Waals surface area contributed by atoms with Crippen molar-refractivity contribution in [3.05, 3.63) is 34.4 Å². The number of halogens is 1. The third-order valence-electron chi connectivity index (χ3n) is 3.33. The van der Waals surface area contributed by atoms with Gasteiger partial charge in [0.15, 0.2) is 5.69 Å². The molecule has 0 aliphatic rings. The van der Waals surface area contributed by atoms with Gasteiger partial charge in [0.05, 0.1) is 17.3 Å². The van der Waals surface area contributed by atoms with Crippen molar-refractivity contribution in [1.82, 2.24) is 24.9 Å². The number of hydrogen-bond acceptors (Lipinski definition) is 5. The Labute approximate surface area is 144 Å². The van der Waals surface area contributed by atoms with Crippen LogP contribution < -0.4 is 5.32 Å². The monoisotopic (exact) mass is 353 g/mol. The second-order valence-corrected chi connectivity index (χ2v) is 5.60. The van der Waals surface area contributed by atoms with Gasteiger partial charge in [-0.05, 0) is 20.3 Å². The summed E-state index contributed by atoms with van der Waals surface area (Å²) in [6.45, 7) is 4.92. The highest BCUT2D eigenvalue weighted by Gasteiger charge is 2.18. The number of amides is 1. The minimum absolute atomic E-state index is 0.179. The molecule has 0 aromatic carbocycles.